The smallest absolute Gasteiger partial charge is 0.271 e. The molecule has 0 aromatic heterocycles. The van der Waals surface area contributed by atoms with Crippen LogP contribution >= 0.6 is 0 Å². The van der Waals surface area contributed by atoms with E-state index in [1.807, 2.05) is 18.2 Å². The molecule has 26 heavy (non-hydrogen) atoms. The molecule has 3 N–H and O–H groups in total. The molecule has 0 amide bonds. The fourth-order valence-electron chi connectivity index (χ4n) is 2.98. The van der Waals surface area contributed by atoms with E-state index in [-0.39, 0.29) is 18.0 Å². The molecule has 0 saturated carbocycles. The maximum Gasteiger partial charge on any atom is 0.271 e. The molecular formula is C19H23N4O3+. The second-order valence-corrected chi connectivity index (χ2v) is 6.33. The molecule has 0 bridgehead atoms. The molecule has 0 radical (unpaired) electrons. The van der Waals surface area contributed by atoms with Gasteiger partial charge in [-0.25, -0.2) is 0 Å². The zero-order chi connectivity index (χ0) is 18.4. The van der Waals surface area contributed by atoms with Crippen LogP contribution in [-0.4, -0.2) is 35.7 Å². The Morgan fingerprint density at radius 3 is 3.00 bits per heavy atom. The largest absolute Gasteiger partial charge is 0.359 e. The van der Waals surface area contributed by atoms with E-state index in [1.165, 1.54) is 12.1 Å². The first-order valence-corrected chi connectivity index (χ1v) is 8.79. The molecule has 3 rings (SSSR count). The second kappa shape index (κ2) is 8.53. The summed E-state index contributed by atoms with van der Waals surface area (Å²) in [4.78, 5) is 15.1. The molecule has 1 saturated heterocycles. The third kappa shape index (κ3) is 4.64. The Labute approximate surface area is 152 Å². The molecule has 1 fully saturated rings. The average molecular weight is 355 g/mol. The van der Waals surface area contributed by atoms with Gasteiger partial charge in [-0.15, -0.1) is 0 Å². The normalized spacial score (nSPS) is 22.5. The molecule has 0 aliphatic carbocycles. The molecule has 2 aliphatic heterocycles. The molecule has 1 aromatic rings. The van der Waals surface area contributed by atoms with E-state index in [9.17, 15) is 10.1 Å². The molecule has 7 heteroatoms. The monoisotopic (exact) mass is 355 g/mol. The van der Waals surface area contributed by atoms with Crippen molar-refractivity contribution in [2.24, 2.45) is 4.99 Å². The van der Waals surface area contributed by atoms with E-state index < -0.39 is 4.92 Å². The predicted molar refractivity (Wildman–Crippen MR) is 102 cm³/mol. The van der Waals surface area contributed by atoms with Crippen LogP contribution in [0.15, 0.2) is 47.5 Å². The van der Waals surface area contributed by atoms with Gasteiger partial charge in [-0.1, -0.05) is 12.2 Å². The first-order valence-electron chi connectivity index (χ1n) is 8.79. The second-order valence-electron chi connectivity index (χ2n) is 6.33. The number of anilines is 1. The number of nitrogens with one attached hydrogen (secondary N) is 1. The van der Waals surface area contributed by atoms with Crippen LogP contribution in [0.25, 0.3) is 0 Å². The van der Waals surface area contributed by atoms with E-state index in [1.54, 1.807) is 12.3 Å². The zero-order valence-electron chi connectivity index (χ0n) is 14.5. The van der Waals surface area contributed by atoms with Gasteiger partial charge in [0.2, 0.25) is 5.71 Å². The lowest BCUT2D eigenvalue weighted by Crippen LogP contribution is -2.40. The van der Waals surface area contributed by atoms with Crippen LogP contribution in [0.1, 0.15) is 31.2 Å². The van der Waals surface area contributed by atoms with E-state index in [0.29, 0.717) is 18.0 Å². The van der Waals surface area contributed by atoms with Crippen molar-refractivity contribution in [3.05, 3.63) is 58.2 Å². The van der Waals surface area contributed by atoms with Crippen LogP contribution in [0.5, 0.6) is 0 Å². The summed E-state index contributed by atoms with van der Waals surface area (Å²) in [5.41, 5.74) is 1.88. The van der Waals surface area contributed by atoms with E-state index in [4.69, 9.17) is 10.1 Å². The van der Waals surface area contributed by atoms with E-state index in [0.717, 1.165) is 31.2 Å². The maximum atomic E-state index is 11.1. The molecule has 0 spiro atoms. The summed E-state index contributed by atoms with van der Waals surface area (Å²) in [7, 11) is 0. The topological polar surface area (TPSA) is 102 Å². The van der Waals surface area contributed by atoms with Gasteiger partial charge < -0.3 is 10.1 Å². The first kappa shape index (κ1) is 18.0. The van der Waals surface area contributed by atoms with Gasteiger partial charge in [0, 0.05) is 31.0 Å². The van der Waals surface area contributed by atoms with E-state index in [2.05, 4.69) is 16.4 Å². The van der Waals surface area contributed by atoms with Crippen molar-refractivity contribution < 1.29 is 15.1 Å². The highest BCUT2D eigenvalue weighted by Gasteiger charge is 2.20. The lowest BCUT2D eigenvalue weighted by atomic mass is 10.0. The van der Waals surface area contributed by atoms with Gasteiger partial charge in [0.15, 0.2) is 0 Å². The Balaban J connectivity index is 1.80. The Bertz CT molecular complexity index is 764. The molecule has 2 aliphatic rings. The van der Waals surface area contributed by atoms with Crippen LogP contribution in [0.2, 0.25) is 0 Å². The lowest BCUT2D eigenvalue weighted by Gasteiger charge is -2.25. The minimum absolute atomic E-state index is 0.0193. The molecule has 2 heterocycles. The van der Waals surface area contributed by atoms with Crippen LogP contribution in [0.3, 0.4) is 0 Å². The highest BCUT2D eigenvalue weighted by atomic mass is 16.6. The number of ether oxygens (including phenoxy) is 1. The zero-order valence-corrected chi connectivity index (χ0v) is 14.5. The molecular weight excluding hydrogens is 332 g/mol. The Morgan fingerprint density at radius 2 is 2.31 bits per heavy atom. The summed E-state index contributed by atoms with van der Waals surface area (Å²) in [6, 6.07) is 4.71. The standard InChI is InChI=1S/C19H22N4O3/c20-17(10-7-14-5-1-3-11-21-14)16-9-8-15(23(24)25)13-18(16)22-19-6-2-4-12-26-19/h1,3,7-11,13-14,19-20,22H,2,4-6,12H2/p+1/b10-7+,20-17?. The highest BCUT2D eigenvalue weighted by molar-refractivity contribution is 6.08. The third-order valence-corrected chi connectivity index (χ3v) is 4.40. The highest BCUT2D eigenvalue weighted by Crippen LogP contribution is 2.25. The number of nitro groups is 1. The SMILES string of the molecule is [NH2+]=C(/C=C/C1CC=CC=N1)c1ccc([N+](=O)[O-])cc1NC1CCCCO1. The minimum Gasteiger partial charge on any atom is -0.359 e. The van der Waals surface area contributed by atoms with Gasteiger partial charge in [-0.05, 0) is 37.8 Å². The van der Waals surface area contributed by atoms with Crippen LogP contribution in [0.4, 0.5) is 11.4 Å². The third-order valence-electron chi connectivity index (χ3n) is 4.40. The van der Waals surface area contributed by atoms with Crippen molar-refractivity contribution in [1.82, 2.24) is 0 Å². The van der Waals surface area contributed by atoms with Crippen molar-refractivity contribution >= 4 is 23.3 Å². The number of nitro benzene ring substituents is 1. The summed E-state index contributed by atoms with van der Waals surface area (Å²) in [6.45, 7) is 0.689. The number of nitrogens with zero attached hydrogens (tertiary/aromatic N) is 2. The maximum absolute atomic E-state index is 11.1. The summed E-state index contributed by atoms with van der Waals surface area (Å²) in [5, 5.41) is 20.6. The lowest BCUT2D eigenvalue weighted by molar-refractivity contribution is -0.384. The minimum atomic E-state index is -0.411. The number of nitrogens with two attached hydrogens (primary N) is 1. The number of hydrogen-bond acceptors (Lipinski definition) is 5. The summed E-state index contributed by atoms with van der Waals surface area (Å²) < 4.78 is 5.70. The van der Waals surface area contributed by atoms with Gasteiger partial charge in [-0.3, -0.25) is 20.5 Å². The summed E-state index contributed by atoms with van der Waals surface area (Å²) in [5.74, 6) is 0. The van der Waals surface area contributed by atoms with Gasteiger partial charge >= 0.3 is 0 Å². The molecule has 1 aromatic carbocycles. The molecule has 7 nitrogen and oxygen atoms in total. The summed E-state index contributed by atoms with van der Waals surface area (Å²) in [6.07, 6.45) is 13.1. The number of hydrogen-bond donors (Lipinski definition) is 2. The summed E-state index contributed by atoms with van der Waals surface area (Å²) >= 11 is 0. The van der Waals surface area contributed by atoms with Gasteiger partial charge in [0.25, 0.3) is 5.69 Å². The number of dihydropyridines is 1. The quantitative estimate of drug-likeness (QED) is 0.463. The van der Waals surface area contributed by atoms with Crippen molar-refractivity contribution in [3.8, 4) is 0 Å². The van der Waals surface area contributed by atoms with Crippen LogP contribution in [0, 0.1) is 10.1 Å². The number of benzene rings is 1. The predicted octanol–water partition coefficient (Wildman–Crippen LogP) is 2.04. The average Bonchev–Trinajstić information content (AvgIpc) is 2.67. The van der Waals surface area contributed by atoms with Crippen molar-refractivity contribution in [2.45, 2.75) is 38.0 Å². The molecule has 136 valence electrons. The number of allylic oxidation sites excluding steroid dienone is 2. The van der Waals surface area contributed by atoms with Crippen LogP contribution in [-0.2, 0) is 4.74 Å². The van der Waals surface area contributed by atoms with Gasteiger partial charge in [0.1, 0.15) is 6.23 Å². The molecule has 2 unspecified atom stereocenters. The number of non-ortho nitro benzene ring substituents is 1. The Hall–Kier alpha value is -2.80. The molecule has 2 atom stereocenters. The van der Waals surface area contributed by atoms with E-state index >= 15 is 0 Å². The fourth-order valence-corrected chi connectivity index (χ4v) is 2.98. The number of rotatable bonds is 6. The van der Waals surface area contributed by atoms with Gasteiger partial charge in [-0.2, -0.15) is 0 Å². The number of aliphatic imine (C=N–C) groups is 1. The fraction of sp³-hybridized carbons (Fsp3) is 0.368. The van der Waals surface area contributed by atoms with Crippen molar-refractivity contribution in [3.63, 3.8) is 0 Å². The van der Waals surface area contributed by atoms with Crippen molar-refractivity contribution in [1.29, 1.82) is 0 Å². The van der Waals surface area contributed by atoms with Gasteiger partial charge in [0.05, 0.1) is 22.2 Å². The Morgan fingerprint density at radius 1 is 1.42 bits per heavy atom. The van der Waals surface area contributed by atoms with Crippen molar-refractivity contribution in [2.75, 3.05) is 11.9 Å². The Kier molecular flexibility index (Phi) is 5.91. The van der Waals surface area contributed by atoms with Crippen LogP contribution < -0.4 is 10.7 Å². The first-order chi connectivity index (χ1) is 12.6.